The van der Waals surface area contributed by atoms with Crippen molar-refractivity contribution in [2.75, 3.05) is 0 Å². The molecule has 1 unspecified atom stereocenters. The van der Waals surface area contributed by atoms with Crippen LogP contribution in [-0.4, -0.2) is 12.1 Å². The molecule has 3 rings (SSSR count). The Morgan fingerprint density at radius 2 is 1.52 bits per heavy atom. The number of nitriles is 1. The van der Waals surface area contributed by atoms with Crippen LogP contribution in [0.25, 0.3) is 0 Å². The molecule has 102 valence electrons. The van der Waals surface area contributed by atoms with Gasteiger partial charge in [0.05, 0.1) is 11.5 Å². The zero-order valence-corrected chi connectivity index (χ0v) is 11.2. The van der Waals surface area contributed by atoms with Crippen LogP contribution in [0.15, 0.2) is 65.8 Å². The standard InChI is InChI=1S/C17H13N3O/c18-11-15-16(21)20-19-12-17(15,13-7-3-1-4-8-13)14-9-5-2-6-10-14/h1-10,12,15H,(H,20,21). The molecule has 2 aromatic carbocycles. The Hall–Kier alpha value is -2.93. The zero-order chi connectivity index (χ0) is 14.7. The molecule has 0 bridgehead atoms. The third kappa shape index (κ3) is 2.00. The fourth-order valence-corrected chi connectivity index (χ4v) is 2.78. The lowest BCUT2D eigenvalue weighted by molar-refractivity contribution is -0.124. The second-order valence-corrected chi connectivity index (χ2v) is 4.90. The van der Waals surface area contributed by atoms with Crippen molar-refractivity contribution in [2.24, 2.45) is 11.0 Å². The molecule has 0 fully saturated rings. The van der Waals surface area contributed by atoms with Crippen LogP contribution in [0.1, 0.15) is 11.1 Å². The van der Waals surface area contributed by atoms with Crippen molar-refractivity contribution in [1.29, 1.82) is 5.26 Å². The molecule has 4 nitrogen and oxygen atoms in total. The van der Waals surface area contributed by atoms with E-state index >= 15 is 0 Å². The molecule has 0 saturated heterocycles. The van der Waals surface area contributed by atoms with Crippen molar-refractivity contribution < 1.29 is 4.79 Å². The molecule has 2 aromatic rings. The van der Waals surface area contributed by atoms with Crippen molar-refractivity contribution in [3.63, 3.8) is 0 Å². The zero-order valence-electron chi connectivity index (χ0n) is 11.2. The largest absolute Gasteiger partial charge is 0.272 e. The highest BCUT2D eigenvalue weighted by Gasteiger charge is 2.47. The molecule has 0 radical (unpaired) electrons. The predicted octanol–water partition coefficient (Wildman–Crippen LogP) is 2.23. The van der Waals surface area contributed by atoms with Gasteiger partial charge in [0.25, 0.3) is 5.91 Å². The summed E-state index contributed by atoms with van der Waals surface area (Å²) in [4.78, 5) is 12.1. The summed E-state index contributed by atoms with van der Waals surface area (Å²) in [6.07, 6.45) is 1.66. The van der Waals surface area contributed by atoms with Gasteiger partial charge >= 0.3 is 0 Å². The van der Waals surface area contributed by atoms with E-state index in [2.05, 4.69) is 16.6 Å². The van der Waals surface area contributed by atoms with E-state index in [4.69, 9.17) is 0 Å². The molecule has 21 heavy (non-hydrogen) atoms. The van der Waals surface area contributed by atoms with Crippen LogP contribution in [0.4, 0.5) is 0 Å². The van der Waals surface area contributed by atoms with Crippen LogP contribution < -0.4 is 5.43 Å². The first-order valence-corrected chi connectivity index (χ1v) is 6.64. The molecular weight excluding hydrogens is 262 g/mol. The van der Waals surface area contributed by atoms with Gasteiger partial charge in [-0.3, -0.25) is 4.79 Å². The molecular formula is C17H13N3O. The lowest BCUT2D eigenvalue weighted by Gasteiger charge is -2.36. The SMILES string of the molecule is N#CC1C(=O)NN=CC1(c1ccccc1)c1ccccc1. The summed E-state index contributed by atoms with van der Waals surface area (Å²) in [5, 5.41) is 13.5. The molecule has 1 amide bonds. The van der Waals surface area contributed by atoms with Crippen LogP contribution in [0.5, 0.6) is 0 Å². The Kier molecular flexibility index (Phi) is 3.25. The Labute approximate surface area is 122 Å². The number of hydrazone groups is 1. The molecule has 0 saturated carbocycles. The van der Waals surface area contributed by atoms with Crippen molar-refractivity contribution >= 4 is 12.1 Å². The summed E-state index contributed by atoms with van der Waals surface area (Å²) >= 11 is 0. The van der Waals surface area contributed by atoms with E-state index in [9.17, 15) is 10.1 Å². The Morgan fingerprint density at radius 1 is 1.00 bits per heavy atom. The van der Waals surface area contributed by atoms with Gasteiger partial charge in [-0.05, 0) is 11.1 Å². The minimum atomic E-state index is -0.862. The van der Waals surface area contributed by atoms with Crippen LogP contribution in [0, 0.1) is 17.2 Å². The maximum absolute atomic E-state index is 12.1. The summed E-state index contributed by atoms with van der Waals surface area (Å²) < 4.78 is 0. The number of rotatable bonds is 2. The van der Waals surface area contributed by atoms with Gasteiger partial charge in [-0.15, -0.1) is 0 Å². The number of amides is 1. The Balaban J connectivity index is 2.31. The van der Waals surface area contributed by atoms with E-state index in [1.54, 1.807) is 6.21 Å². The van der Waals surface area contributed by atoms with Crippen molar-refractivity contribution in [3.8, 4) is 6.07 Å². The quantitative estimate of drug-likeness (QED) is 0.913. The molecule has 1 aliphatic heterocycles. The van der Waals surface area contributed by atoms with Crippen molar-refractivity contribution in [1.82, 2.24) is 5.43 Å². The highest BCUT2D eigenvalue weighted by Crippen LogP contribution is 2.39. The molecule has 1 aliphatic rings. The Bertz CT molecular complexity index is 677. The van der Waals surface area contributed by atoms with E-state index in [0.29, 0.717) is 0 Å². The second-order valence-electron chi connectivity index (χ2n) is 4.90. The number of carbonyl (C=O) groups excluding carboxylic acids is 1. The lowest BCUT2D eigenvalue weighted by Crippen LogP contribution is -2.49. The van der Waals surface area contributed by atoms with Crippen molar-refractivity contribution in [2.45, 2.75) is 5.41 Å². The number of nitrogens with one attached hydrogen (secondary N) is 1. The van der Waals surface area contributed by atoms with Gasteiger partial charge in [-0.1, -0.05) is 60.7 Å². The summed E-state index contributed by atoms with van der Waals surface area (Å²) in [5.74, 6) is -1.24. The van der Waals surface area contributed by atoms with Crippen molar-refractivity contribution in [3.05, 3.63) is 71.8 Å². The number of nitrogens with zero attached hydrogens (tertiary/aromatic N) is 2. The average molecular weight is 275 g/mol. The van der Waals surface area contributed by atoms with Gasteiger partial charge in [-0.25, -0.2) is 5.43 Å². The first kappa shape index (κ1) is 13.1. The topological polar surface area (TPSA) is 65.2 Å². The van der Waals surface area contributed by atoms with E-state index in [0.717, 1.165) is 11.1 Å². The highest BCUT2D eigenvalue weighted by molar-refractivity contribution is 5.96. The van der Waals surface area contributed by atoms with Crippen LogP contribution >= 0.6 is 0 Å². The van der Waals surface area contributed by atoms with Gasteiger partial charge < -0.3 is 0 Å². The normalized spacial score (nSPS) is 19.6. The first-order valence-electron chi connectivity index (χ1n) is 6.64. The van der Waals surface area contributed by atoms with E-state index in [1.165, 1.54) is 0 Å². The summed E-state index contributed by atoms with van der Waals surface area (Å²) in [6, 6.07) is 21.2. The number of carbonyl (C=O) groups is 1. The van der Waals surface area contributed by atoms with Gasteiger partial charge in [0.2, 0.25) is 0 Å². The van der Waals surface area contributed by atoms with Gasteiger partial charge in [0, 0.05) is 6.21 Å². The second kappa shape index (κ2) is 5.22. The highest BCUT2D eigenvalue weighted by atomic mass is 16.2. The van der Waals surface area contributed by atoms with Crippen LogP contribution in [-0.2, 0) is 10.2 Å². The molecule has 1 atom stereocenters. The van der Waals surface area contributed by atoms with Gasteiger partial charge in [-0.2, -0.15) is 10.4 Å². The summed E-state index contributed by atoms with van der Waals surface area (Å²) in [7, 11) is 0. The van der Waals surface area contributed by atoms with Crippen LogP contribution in [0.2, 0.25) is 0 Å². The number of hydrogen-bond acceptors (Lipinski definition) is 3. The fourth-order valence-electron chi connectivity index (χ4n) is 2.78. The molecule has 1 N–H and O–H groups in total. The van der Waals surface area contributed by atoms with E-state index < -0.39 is 11.3 Å². The molecule has 0 aliphatic carbocycles. The predicted molar refractivity (Wildman–Crippen MR) is 79.4 cm³/mol. The smallest absolute Gasteiger partial charge is 0.259 e. The first-order chi connectivity index (χ1) is 10.3. The maximum Gasteiger partial charge on any atom is 0.259 e. The fraction of sp³-hybridized carbons (Fsp3) is 0.118. The Morgan fingerprint density at radius 3 is 2.00 bits per heavy atom. The monoisotopic (exact) mass is 275 g/mol. The maximum atomic E-state index is 12.1. The van der Waals surface area contributed by atoms with Gasteiger partial charge in [0.1, 0.15) is 5.92 Å². The third-order valence-electron chi connectivity index (χ3n) is 3.79. The molecule has 0 spiro atoms. The molecule has 0 aromatic heterocycles. The van der Waals surface area contributed by atoms with Crippen LogP contribution in [0.3, 0.4) is 0 Å². The third-order valence-corrected chi connectivity index (χ3v) is 3.79. The molecule has 1 heterocycles. The lowest BCUT2D eigenvalue weighted by atomic mass is 9.66. The molecule has 4 heteroatoms. The van der Waals surface area contributed by atoms with E-state index in [1.807, 2.05) is 60.7 Å². The van der Waals surface area contributed by atoms with Gasteiger partial charge in [0.15, 0.2) is 0 Å². The summed E-state index contributed by atoms with van der Waals surface area (Å²) in [6.45, 7) is 0. The minimum Gasteiger partial charge on any atom is -0.272 e. The summed E-state index contributed by atoms with van der Waals surface area (Å²) in [5.41, 5.74) is 3.28. The minimum absolute atomic E-state index is 0.382. The number of benzene rings is 2. The average Bonchev–Trinajstić information content (AvgIpc) is 2.56. The number of hydrogen-bond donors (Lipinski definition) is 1. The van der Waals surface area contributed by atoms with E-state index in [-0.39, 0.29) is 5.91 Å².